The van der Waals surface area contributed by atoms with E-state index in [9.17, 15) is 4.79 Å². The molecule has 1 amide bonds. The van der Waals surface area contributed by atoms with E-state index in [0.29, 0.717) is 0 Å². The minimum atomic E-state index is -0.584. The molecule has 0 radical (unpaired) electrons. The monoisotopic (exact) mass is 408 g/mol. The van der Waals surface area contributed by atoms with Crippen LogP contribution in [0.25, 0.3) is 0 Å². The van der Waals surface area contributed by atoms with Gasteiger partial charge < -0.3 is 15.0 Å². The molecule has 1 unspecified atom stereocenters. The molecular weight excluding hydrogens is 372 g/mol. The van der Waals surface area contributed by atoms with Crippen LogP contribution in [0.3, 0.4) is 0 Å². The first-order valence-electron chi connectivity index (χ1n) is 11.5. The fourth-order valence-electron chi connectivity index (χ4n) is 4.10. The highest BCUT2D eigenvalue weighted by Crippen LogP contribution is 2.38. The van der Waals surface area contributed by atoms with Crippen molar-refractivity contribution in [1.29, 1.82) is 0 Å². The molecular formula is C26H36N2O2. The summed E-state index contributed by atoms with van der Waals surface area (Å²) >= 11 is 0. The second kappa shape index (κ2) is 10.5. The summed E-state index contributed by atoms with van der Waals surface area (Å²) in [6.45, 7) is 7.97. The van der Waals surface area contributed by atoms with E-state index in [4.69, 9.17) is 4.74 Å². The molecule has 1 aliphatic rings. The largest absolute Gasteiger partial charge is 0.494 e. The highest BCUT2D eigenvalue weighted by atomic mass is 16.5. The fraction of sp³-hybridized carbons (Fsp3) is 0.500. The molecule has 2 aromatic rings. The maximum Gasteiger partial charge on any atom is 0.258 e. The van der Waals surface area contributed by atoms with Crippen LogP contribution < -0.4 is 10.1 Å². The van der Waals surface area contributed by atoms with Crippen molar-refractivity contribution < 1.29 is 9.53 Å². The van der Waals surface area contributed by atoms with Gasteiger partial charge in [-0.15, -0.1) is 0 Å². The first kappa shape index (κ1) is 22.2. The number of anilines is 1. The molecule has 1 heterocycles. The Bertz CT molecular complexity index is 818. The van der Waals surface area contributed by atoms with Crippen LogP contribution in [0.15, 0.2) is 48.5 Å². The number of hydrogen-bond donors (Lipinski definition) is 1. The molecule has 30 heavy (non-hydrogen) atoms. The molecule has 0 bridgehead atoms. The summed E-state index contributed by atoms with van der Waals surface area (Å²) in [5, 5.41) is 3.63. The van der Waals surface area contributed by atoms with Gasteiger partial charge in [0, 0.05) is 12.2 Å². The number of benzene rings is 2. The Labute approximate surface area is 181 Å². The van der Waals surface area contributed by atoms with Crippen molar-refractivity contribution in [2.45, 2.75) is 71.4 Å². The number of fused-ring (bicyclic) bond motifs is 1. The summed E-state index contributed by atoms with van der Waals surface area (Å²) in [7, 11) is 0. The molecule has 0 saturated heterocycles. The van der Waals surface area contributed by atoms with Crippen molar-refractivity contribution in [3.63, 3.8) is 0 Å². The van der Waals surface area contributed by atoms with Crippen LogP contribution in [-0.2, 0) is 5.66 Å². The SMILES string of the molecule is CCCCCCCOc1ccc(C2(C)Nc3ccccc3C(=O)N2CCCC)cc1. The summed E-state index contributed by atoms with van der Waals surface area (Å²) in [5.74, 6) is 0.980. The smallest absolute Gasteiger partial charge is 0.258 e. The van der Waals surface area contributed by atoms with Crippen molar-refractivity contribution in [2.75, 3.05) is 18.5 Å². The number of carbonyl (C=O) groups excluding carboxylic acids is 1. The zero-order valence-corrected chi connectivity index (χ0v) is 18.7. The van der Waals surface area contributed by atoms with Gasteiger partial charge in [-0.3, -0.25) is 4.79 Å². The van der Waals surface area contributed by atoms with Crippen LogP contribution in [0.4, 0.5) is 5.69 Å². The second-order valence-corrected chi connectivity index (χ2v) is 8.34. The number of unbranched alkanes of at least 4 members (excludes halogenated alkanes) is 5. The quantitative estimate of drug-likeness (QED) is 0.427. The van der Waals surface area contributed by atoms with Gasteiger partial charge in [0.05, 0.1) is 12.2 Å². The summed E-state index contributed by atoms with van der Waals surface area (Å²) in [5.41, 5.74) is 2.12. The van der Waals surface area contributed by atoms with Gasteiger partial charge in [-0.2, -0.15) is 0 Å². The Hall–Kier alpha value is -2.49. The lowest BCUT2D eigenvalue weighted by atomic mass is 9.93. The predicted molar refractivity (Wildman–Crippen MR) is 124 cm³/mol. The maximum atomic E-state index is 13.3. The van der Waals surface area contributed by atoms with Crippen molar-refractivity contribution in [3.05, 3.63) is 59.7 Å². The van der Waals surface area contributed by atoms with Crippen molar-refractivity contribution in [2.24, 2.45) is 0 Å². The van der Waals surface area contributed by atoms with E-state index in [1.807, 2.05) is 41.3 Å². The summed E-state index contributed by atoms with van der Waals surface area (Å²) in [4.78, 5) is 15.3. The van der Waals surface area contributed by atoms with Gasteiger partial charge in [0.25, 0.3) is 5.91 Å². The van der Waals surface area contributed by atoms with Gasteiger partial charge in [0.2, 0.25) is 0 Å². The topological polar surface area (TPSA) is 41.6 Å². The first-order valence-corrected chi connectivity index (χ1v) is 11.5. The third kappa shape index (κ3) is 4.97. The van der Waals surface area contributed by atoms with Gasteiger partial charge in [-0.1, -0.05) is 70.2 Å². The van der Waals surface area contributed by atoms with Crippen molar-refractivity contribution in [1.82, 2.24) is 4.90 Å². The lowest BCUT2D eigenvalue weighted by Crippen LogP contribution is -2.56. The summed E-state index contributed by atoms with van der Waals surface area (Å²) in [6, 6.07) is 16.0. The number of nitrogens with one attached hydrogen (secondary N) is 1. The van der Waals surface area contributed by atoms with E-state index >= 15 is 0 Å². The van der Waals surface area contributed by atoms with Crippen LogP contribution in [0.1, 0.15) is 81.6 Å². The maximum absolute atomic E-state index is 13.3. The van der Waals surface area contributed by atoms with Gasteiger partial charge in [0.1, 0.15) is 11.4 Å². The number of rotatable bonds is 11. The summed E-state index contributed by atoms with van der Waals surface area (Å²) in [6.07, 6.45) is 8.19. The van der Waals surface area contributed by atoms with Crippen LogP contribution in [0, 0.1) is 0 Å². The Balaban J connectivity index is 1.74. The van der Waals surface area contributed by atoms with Gasteiger partial charge in [-0.05, 0) is 49.6 Å². The Kier molecular flexibility index (Phi) is 7.78. The number of amides is 1. The number of nitrogens with zero attached hydrogens (tertiary/aromatic N) is 1. The molecule has 0 aliphatic carbocycles. The Morgan fingerprint density at radius 2 is 1.60 bits per heavy atom. The predicted octanol–water partition coefficient (Wildman–Crippen LogP) is 6.58. The van der Waals surface area contributed by atoms with E-state index in [1.54, 1.807) is 0 Å². The molecule has 3 rings (SSSR count). The Morgan fingerprint density at radius 3 is 2.33 bits per heavy atom. The van der Waals surface area contributed by atoms with E-state index < -0.39 is 5.66 Å². The van der Waals surface area contributed by atoms with Gasteiger partial charge in [-0.25, -0.2) is 0 Å². The van der Waals surface area contributed by atoms with Crippen LogP contribution >= 0.6 is 0 Å². The van der Waals surface area contributed by atoms with E-state index in [2.05, 4.69) is 38.2 Å². The fourth-order valence-corrected chi connectivity index (χ4v) is 4.10. The minimum Gasteiger partial charge on any atom is -0.494 e. The van der Waals surface area contributed by atoms with E-state index in [-0.39, 0.29) is 5.91 Å². The number of ether oxygens (including phenoxy) is 1. The van der Waals surface area contributed by atoms with Crippen LogP contribution in [0.2, 0.25) is 0 Å². The highest BCUT2D eigenvalue weighted by Gasteiger charge is 2.41. The lowest BCUT2D eigenvalue weighted by Gasteiger charge is -2.47. The average molecular weight is 409 g/mol. The van der Waals surface area contributed by atoms with Crippen LogP contribution in [0.5, 0.6) is 5.75 Å². The standard InChI is InChI=1S/C26H36N2O2/c1-4-6-8-9-12-20-30-22-17-15-21(16-18-22)26(3)27-24-14-11-10-13-23(24)25(29)28(26)19-7-5-2/h10-11,13-18,27H,4-9,12,19-20H2,1-3H3. The Morgan fingerprint density at radius 1 is 0.900 bits per heavy atom. The van der Waals surface area contributed by atoms with Gasteiger partial charge in [0.15, 0.2) is 0 Å². The highest BCUT2D eigenvalue weighted by molar-refractivity contribution is 6.02. The normalized spacial score (nSPS) is 18.1. The van der Waals surface area contributed by atoms with E-state index in [0.717, 1.165) is 55.0 Å². The lowest BCUT2D eigenvalue weighted by molar-refractivity contribution is 0.0531. The zero-order valence-electron chi connectivity index (χ0n) is 18.7. The number of hydrogen-bond acceptors (Lipinski definition) is 3. The van der Waals surface area contributed by atoms with Crippen molar-refractivity contribution >= 4 is 11.6 Å². The molecule has 0 spiro atoms. The third-order valence-corrected chi connectivity index (χ3v) is 5.99. The molecule has 4 nitrogen and oxygen atoms in total. The van der Waals surface area contributed by atoms with Crippen molar-refractivity contribution in [3.8, 4) is 5.75 Å². The third-order valence-electron chi connectivity index (χ3n) is 5.99. The molecule has 4 heteroatoms. The average Bonchev–Trinajstić information content (AvgIpc) is 2.76. The molecule has 0 saturated carbocycles. The molecule has 0 fully saturated rings. The summed E-state index contributed by atoms with van der Waals surface area (Å²) < 4.78 is 5.93. The molecule has 0 aromatic heterocycles. The van der Waals surface area contributed by atoms with Gasteiger partial charge >= 0.3 is 0 Å². The first-order chi connectivity index (χ1) is 14.6. The minimum absolute atomic E-state index is 0.0905. The molecule has 1 aliphatic heterocycles. The van der Waals surface area contributed by atoms with Crippen LogP contribution in [-0.4, -0.2) is 24.0 Å². The molecule has 162 valence electrons. The molecule has 1 N–H and O–H groups in total. The zero-order chi connectivity index (χ0) is 21.4. The number of carbonyl (C=O) groups is 1. The van der Waals surface area contributed by atoms with E-state index in [1.165, 1.54) is 25.7 Å². The molecule has 2 aromatic carbocycles. The second-order valence-electron chi connectivity index (χ2n) is 8.34. The molecule has 1 atom stereocenters. The number of para-hydroxylation sites is 1.